The maximum atomic E-state index is 11.7. The summed E-state index contributed by atoms with van der Waals surface area (Å²) in [5, 5.41) is 0. The first-order valence-corrected chi connectivity index (χ1v) is 6.48. The normalized spacial score (nSPS) is 35.7. The Morgan fingerprint density at radius 1 is 1.13 bits per heavy atom. The van der Waals surface area contributed by atoms with Crippen LogP contribution in [0.4, 0.5) is 0 Å². The number of fused-ring (bicyclic) bond motifs is 1. The van der Waals surface area contributed by atoms with Gasteiger partial charge in [-0.2, -0.15) is 0 Å². The van der Waals surface area contributed by atoms with Gasteiger partial charge in [0.1, 0.15) is 0 Å². The molecular weight excluding hydrogens is 188 g/mol. The van der Waals surface area contributed by atoms with Crippen molar-refractivity contribution in [1.82, 2.24) is 0 Å². The van der Waals surface area contributed by atoms with Crippen LogP contribution in [0, 0.1) is 17.8 Å². The highest BCUT2D eigenvalue weighted by atomic mass is 16.5. The first-order valence-electron chi connectivity index (χ1n) is 6.48. The van der Waals surface area contributed by atoms with Gasteiger partial charge in [-0.05, 0) is 38.0 Å². The molecule has 3 atom stereocenters. The standard InChI is InChI=1S/C13H22O2/c1-2-15-13(14)12-8-7-10-5-3-4-6-11(10)9-12/h10-12H,2-9H2,1H3. The van der Waals surface area contributed by atoms with Crippen molar-refractivity contribution in [3.8, 4) is 0 Å². The summed E-state index contributed by atoms with van der Waals surface area (Å²) in [6, 6.07) is 0. The van der Waals surface area contributed by atoms with Crippen LogP contribution in [0.1, 0.15) is 51.9 Å². The molecule has 0 aromatic heterocycles. The zero-order valence-electron chi connectivity index (χ0n) is 9.71. The van der Waals surface area contributed by atoms with E-state index in [0.29, 0.717) is 6.61 Å². The Morgan fingerprint density at radius 3 is 2.60 bits per heavy atom. The topological polar surface area (TPSA) is 26.3 Å². The highest BCUT2D eigenvalue weighted by Gasteiger charge is 2.35. The molecule has 86 valence electrons. The quantitative estimate of drug-likeness (QED) is 0.654. The first-order chi connectivity index (χ1) is 7.31. The van der Waals surface area contributed by atoms with E-state index in [2.05, 4.69) is 0 Å². The maximum Gasteiger partial charge on any atom is 0.308 e. The summed E-state index contributed by atoms with van der Waals surface area (Å²) in [7, 11) is 0. The molecule has 0 aromatic carbocycles. The number of carbonyl (C=O) groups excluding carboxylic acids is 1. The molecule has 0 radical (unpaired) electrons. The molecule has 0 aromatic rings. The van der Waals surface area contributed by atoms with E-state index in [1.54, 1.807) is 0 Å². The average Bonchev–Trinajstić information content (AvgIpc) is 2.29. The highest BCUT2D eigenvalue weighted by molar-refractivity contribution is 5.72. The van der Waals surface area contributed by atoms with E-state index < -0.39 is 0 Å². The fraction of sp³-hybridized carbons (Fsp3) is 0.923. The lowest BCUT2D eigenvalue weighted by molar-refractivity contribution is -0.150. The van der Waals surface area contributed by atoms with Crippen molar-refractivity contribution >= 4 is 5.97 Å². The van der Waals surface area contributed by atoms with Crippen molar-refractivity contribution in [3.05, 3.63) is 0 Å². The van der Waals surface area contributed by atoms with Crippen LogP contribution in [0.15, 0.2) is 0 Å². The van der Waals surface area contributed by atoms with Gasteiger partial charge in [-0.3, -0.25) is 4.79 Å². The lowest BCUT2D eigenvalue weighted by Gasteiger charge is -2.38. The minimum atomic E-state index is 0.0570. The Bertz CT molecular complexity index is 225. The van der Waals surface area contributed by atoms with Crippen LogP contribution in [0.5, 0.6) is 0 Å². The van der Waals surface area contributed by atoms with E-state index in [4.69, 9.17) is 4.74 Å². The van der Waals surface area contributed by atoms with E-state index in [1.807, 2.05) is 6.92 Å². The van der Waals surface area contributed by atoms with Crippen LogP contribution in [0.25, 0.3) is 0 Å². The van der Waals surface area contributed by atoms with Crippen LogP contribution in [0.3, 0.4) is 0 Å². The second-order valence-electron chi connectivity index (χ2n) is 5.07. The lowest BCUT2D eigenvalue weighted by Crippen LogP contribution is -2.32. The first kappa shape index (κ1) is 11.0. The molecule has 0 spiro atoms. The number of hydrogen-bond donors (Lipinski definition) is 0. The van der Waals surface area contributed by atoms with Crippen LogP contribution in [0.2, 0.25) is 0 Å². The summed E-state index contributed by atoms with van der Waals surface area (Å²) >= 11 is 0. The predicted molar refractivity (Wildman–Crippen MR) is 59.4 cm³/mol. The van der Waals surface area contributed by atoms with Crippen molar-refractivity contribution in [2.24, 2.45) is 17.8 Å². The largest absolute Gasteiger partial charge is 0.466 e. The number of rotatable bonds is 2. The van der Waals surface area contributed by atoms with Crippen molar-refractivity contribution in [2.45, 2.75) is 51.9 Å². The van der Waals surface area contributed by atoms with Crippen molar-refractivity contribution in [3.63, 3.8) is 0 Å². The molecular formula is C13H22O2. The summed E-state index contributed by atoms with van der Waals surface area (Å²) in [4.78, 5) is 11.7. The number of carbonyl (C=O) groups is 1. The average molecular weight is 210 g/mol. The monoisotopic (exact) mass is 210 g/mol. The van der Waals surface area contributed by atoms with E-state index in [-0.39, 0.29) is 11.9 Å². The van der Waals surface area contributed by atoms with Gasteiger partial charge in [-0.25, -0.2) is 0 Å². The summed E-state index contributed by atoms with van der Waals surface area (Å²) in [5.41, 5.74) is 0. The molecule has 15 heavy (non-hydrogen) atoms. The molecule has 0 N–H and O–H groups in total. The fourth-order valence-electron chi connectivity index (χ4n) is 3.35. The van der Waals surface area contributed by atoms with Gasteiger partial charge in [0.15, 0.2) is 0 Å². The molecule has 2 rings (SSSR count). The second kappa shape index (κ2) is 5.00. The van der Waals surface area contributed by atoms with Gasteiger partial charge in [0.2, 0.25) is 0 Å². The summed E-state index contributed by atoms with van der Waals surface area (Å²) < 4.78 is 5.12. The van der Waals surface area contributed by atoms with Gasteiger partial charge in [-0.15, -0.1) is 0 Å². The minimum Gasteiger partial charge on any atom is -0.466 e. The molecule has 0 heterocycles. The summed E-state index contributed by atoms with van der Waals surface area (Å²) in [6.07, 6.45) is 8.96. The minimum absolute atomic E-state index is 0.0570. The van der Waals surface area contributed by atoms with E-state index in [0.717, 1.165) is 24.7 Å². The zero-order chi connectivity index (χ0) is 10.7. The Labute approximate surface area is 92.4 Å². The Morgan fingerprint density at radius 2 is 1.87 bits per heavy atom. The summed E-state index contributed by atoms with van der Waals surface area (Å²) in [5.74, 6) is 2.01. The van der Waals surface area contributed by atoms with E-state index >= 15 is 0 Å². The SMILES string of the molecule is CCOC(=O)C1CCC2CCCCC2C1. The number of ether oxygens (including phenoxy) is 1. The number of esters is 1. The van der Waals surface area contributed by atoms with Crippen LogP contribution < -0.4 is 0 Å². The molecule has 0 bridgehead atoms. The fourth-order valence-corrected chi connectivity index (χ4v) is 3.35. The Hall–Kier alpha value is -0.530. The Kier molecular flexibility index (Phi) is 3.66. The second-order valence-corrected chi connectivity index (χ2v) is 5.07. The third-order valence-corrected chi connectivity index (χ3v) is 4.16. The van der Waals surface area contributed by atoms with Gasteiger partial charge in [0.05, 0.1) is 12.5 Å². The predicted octanol–water partition coefficient (Wildman–Crippen LogP) is 3.16. The van der Waals surface area contributed by atoms with Gasteiger partial charge in [-0.1, -0.05) is 25.7 Å². The molecule has 2 fully saturated rings. The lowest BCUT2D eigenvalue weighted by atomic mass is 9.67. The molecule has 0 aliphatic heterocycles. The maximum absolute atomic E-state index is 11.7. The zero-order valence-corrected chi connectivity index (χ0v) is 9.71. The molecule has 0 amide bonds. The molecule has 2 aliphatic rings. The molecule has 2 nitrogen and oxygen atoms in total. The molecule has 2 heteroatoms. The van der Waals surface area contributed by atoms with E-state index in [9.17, 15) is 4.79 Å². The van der Waals surface area contributed by atoms with E-state index in [1.165, 1.54) is 32.1 Å². The summed E-state index contributed by atoms with van der Waals surface area (Å²) in [6.45, 7) is 2.42. The van der Waals surface area contributed by atoms with Gasteiger partial charge in [0.25, 0.3) is 0 Å². The third kappa shape index (κ3) is 2.53. The molecule has 3 unspecified atom stereocenters. The molecule has 2 aliphatic carbocycles. The van der Waals surface area contributed by atoms with Crippen LogP contribution in [-0.4, -0.2) is 12.6 Å². The number of hydrogen-bond acceptors (Lipinski definition) is 2. The van der Waals surface area contributed by atoms with Crippen LogP contribution in [-0.2, 0) is 9.53 Å². The van der Waals surface area contributed by atoms with Crippen LogP contribution >= 0.6 is 0 Å². The van der Waals surface area contributed by atoms with Crippen molar-refractivity contribution < 1.29 is 9.53 Å². The third-order valence-electron chi connectivity index (χ3n) is 4.16. The molecule has 0 saturated heterocycles. The van der Waals surface area contributed by atoms with Gasteiger partial charge in [0, 0.05) is 0 Å². The van der Waals surface area contributed by atoms with Crippen molar-refractivity contribution in [1.29, 1.82) is 0 Å². The molecule has 2 saturated carbocycles. The van der Waals surface area contributed by atoms with Gasteiger partial charge >= 0.3 is 5.97 Å². The van der Waals surface area contributed by atoms with Crippen molar-refractivity contribution in [2.75, 3.05) is 6.61 Å². The van der Waals surface area contributed by atoms with Gasteiger partial charge < -0.3 is 4.74 Å². The smallest absolute Gasteiger partial charge is 0.308 e. The Balaban J connectivity index is 1.87. The highest BCUT2D eigenvalue weighted by Crippen LogP contribution is 2.42.